The van der Waals surface area contributed by atoms with Crippen LogP contribution < -0.4 is 14.8 Å². The first kappa shape index (κ1) is 19.8. The summed E-state index contributed by atoms with van der Waals surface area (Å²) in [4.78, 5) is 12.5. The third-order valence-corrected chi connectivity index (χ3v) is 6.73. The largest absolute Gasteiger partial charge is 0.491 e. The molecule has 9 heteroatoms. The van der Waals surface area contributed by atoms with Crippen LogP contribution >= 0.6 is 0 Å². The summed E-state index contributed by atoms with van der Waals surface area (Å²) in [6, 6.07) is 0.307. The summed E-state index contributed by atoms with van der Waals surface area (Å²) in [6.07, 6.45) is 4.66. The molecule has 4 rings (SSSR count). The van der Waals surface area contributed by atoms with E-state index in [1.807, 2.05) is 4.72 Å². The number of furan rings is 1. The number of aliphatic hydroxyl groups is 1. The summed E-state index contributed by atoms with van der Waals surface area (Å²) < 4.78 is 37.8. The Kier molecular flexibility index (Phi) is 4.62. The van der Waals surface area contributed by atoms with Gasteiger partial charge in [-0.15, -0.1) is 0 Å². The Morgan fingerprint density at radius 3 is 2.59 bits per heavy atom. The van der Waals surface area contributed by atoms with E-state index >= 15 is 0 Å². The lowest BCUT2D eigenvalue weighted by Crippen LogP contribution is -2.34. The third-order valence-electron chi connectivity index (χ3n) is 5.54. The highest BCUT2D eigenvalue weighted by Crippen LogP contribution is 2.44. The molecule has 2 aromatic rings. The van der Waals surface area contributed by atoms with Crippen molar-refractivity contribution < 1.29 is 27.5 Å². The van der Waals surface area contributed by atoms with E-state index in [0.29, 0.717) is 23.6 Å². The van der Waals surface area contributed by atoms with E-state index in [-0.39, 0.29) is 0 Å². The van der Waals surface area contributed by atoms with Gasteiger partial charge in [0.25, 0.3) is 10.0 Å². The van der Waals surface area contributed by atoms with Gasteiger partial charge in [-0.3, -0.25) is 0 Å². The van der Waals surface area contributed by atoms with Crippen LogP contribution in [0.3, 0.4) is 0 Å². The number of carbonyl (C=O) groups is 1. The number of nitrogens with one attached hydrogen (secondary N) is 2. The highest BCUT2D eigenvalue weighted by molar-refractivity contribution is 7.89. The maximum absolute atomic E-state index is 12.5. The van der Waals surface area contributed by atoms with E-state index in [4.69, 9.17) is 9.15 Å². The van der Waals surface area contributed by atoms with Crippen LogP contribution in [-0.2, 0) is 34.9 Å². The number of benzene rings is 1. The lowest BCUT2D eigenvalue weighted by Gasteiger charge is -2.17. The van der Waals surface area contributed by atoms with E-state index in [1.165, 1.54) is 31.0 Å². The molecule has 0 atom stereocenters. The van der Waals surface area contributed by atoms with Crippen LogP contribution in [0.15, 0.2) is 21.8 Å². The number of sulfonamides is 1. The average Bonchev–Trinajstić information content (AvgIpc) is 3.37. The zero-order valence-corrected chi connectivity index (χ0v) is 17.4. The zero-order valence-electron chi connectivity index (χ0n) is 16.6. The number of urea groups is 1. The van der Waals surface area contributed by atoms with Crippen LogP contribution in [0.4, 0.5) is 10.5 Å². The molecule has 2 heterocycles. The topological polar surface area (TPSA) is 118 Å². The molecular weight excluding hydrogens is 396 g/mol. The van der Waals surface area contributed by atoms with Gasteiger partial charge in [0.1, 0.15) is 5.75 Å². The number of hydrogen-bond acceptors (Lipinski definition) is 6. The predicted octanol–water partition coefficient (Wildman–Crippen LogP) is 2.75. The molecule has 1 aromatic carbocycles. The second-order valence-corrected chi connectivity index (χ2v) is 9.60. The van der Waals surface area contributed by atoms with E-state index < -0.39 is 26.7 Å². The Balaban J connectivity index is 1.59. The summed E-state index contributed by atoms with van der Waals surface area (Å²) >= 11 is 0. The molecular formula is C20H24N2O6S. The van der Waals surface area contributed by atoms with Crippen molar-refractivity contribution in [3.05, 3.63) is 40.1 Å². The zero-order chi connectivity index (χ0) is 21.0. The molecule has 3 N–H and O–H groups in total. The molecule has 0 unspecified atom stereocenters. The maximum atomic E-state index is 12.5. The number of fused-ring (bicyclic) bond motifs is 2. The van der Waals surface area contributed by atoms with Gasteiger partial charge in [-0.05, 0) is 56.7 Å². The third kappa shape index (κ3) is 3.49. The molecule has 1 aliphatic heterocycles. The average molecular weight is 420 g/mol. The van der Waals surface area contributed by atoms with Gasteiger partial charge in [0, 0.05) is 23.6 Å². The van der Waals surface area contributed by atoms with Crippen molar-refractivity contribution in [2.24, 2.45) is 0 Å². The standard InChI is InChI=1S/C20H24N2O6S/c1-11-13-5-4-6-15(13)17(18-14(11)7-8-27-18)21-19(23)22-29(25,26)16-9-12(10-28-16)20(2,3)24/h9-10,24H,4-8H2,1-3H3,(H2,21,22,23). The van der Waals surface area contributed by atoms with Crippen molar-refractivity contribution in [1.29, 1.82) is 0 Å². The number of amides is 2. The maximum Gasteiger partial charge on any atom is 0.333 e. The normalized spacial score (nSPS) is 15.6. The minimum absolute atomic E-state index is 0.292. The fourth-order valence-corrected chi connectivity index (χ4v) is 4.86. The van der Waals surface area contributed by atoms with E-state index in [1.54, 1.807) is 0 Å². The van der Waals surface area contributed by atoms with Gasteiger partial charge in [0.15, 0.2) is 0 Å². The van der Waals surface area contributed by atoms with Gasteiger partial charge >= 0.3 is 6.03 Å². The van der Waals surface area contributed by atoms with Crippen LogP contribution in [0.1, 0.15) is 48.1 Å². The van der Waals surface area contributed by atoms with Gasteiger partial charge in [-0.25, -0.2) is 9.52 Å². The Morgan fingerprint density at radius 2 is 1.90 bits per heavy atom. The molecule has 0 saturated carbocycles. The number of ether oxygens (including phenoxy) is 1. The molecule has 8 nitrogen and oxygen atoms in total. The highest BCUT2D eigenvalue weighted by atomic mass is 32.2. The SMILES string of the molecule is Cc1c2c(c(NC(=O)NS(=O)(=O)c3cc(C(C)(C)O)co3)c3c1CCO3)CCC2. The van der Waals surface area contributed by atoms with E-state index in [9.17, 15) is 18.3 Å². The molecule has 156 valence electrons. The number of anilines is 1. The Labute approximate surface area is 169 Å². The fourth-order valence-electron chi connectivity index (χ4n) is 4.01. The molecule has 2 aliphatic rings. The molecule has 0 radical (unpaired) electrons. The van der Waals surface area contributed by atoms with Crippen molar-refractivity contribution >= 4 is 21.7 Å². The van der Waals surface area contributed by atoms with Crippen LogP contribution in [-0.4, -0.2) is 26.2 Å². The van der Waals surface area contributed by atoms with Crippen molar-refractivity contribution in [3.8, 4) is 5.75 Å². The van der Waals surface area contributed by atoms with Crippen molar-refractivity contribution in [2.45, 2.75) is 57.1 Å². The van der Waals surface area contributed by atoms with Crippen molar-refractivity contribution in [2.75, 3.05) is 11.9 Å². The van der Waals surface area contributed by atoms with Gasteiger partial charge in [0.2, 0.25) is 5.09 Å². The second kappa shape index (κ2) is 6.77. The van der Waals surface area contributed by atoms with Crippen LogP contribution in [0.5, 0.6) is 5.75 Å². The Hall–Kier alpha value is -2.52. The summed E-state index contributed by atoms with van der Waals surface area (Å²) in [5, 5.41) is 12.2. The molecule has 0 spiro atoms. The lowest BCUT2D eigenvalue weighted by molar-refractivity contribution is 0.0779. The fraction of sp³-hybridized carbons (Fsp3) is 0.450. The van der Waals surface area contributed by atoms with Gasteiger partial charge < -0.3 is 19.6 Å². The molecule has 0 saturated heterocycles. The number of rotatable bonds is 4. The van der Waals surface area contributed by atoms with Crippen LogP contribution in [0, 0.1) is 6.92 Å². The van der Waals surface area contributed by atoms with Crippen molar-refractivity contribution in [1.82, 2.24) is 4.72 Å². The first-order valence-electron chi connectivity index (χ1n) is 9.53. The molecule has 2 amide bonds. The smallest absolute Gasteiger partial charge is 0.333 e. The van der Waals surface area contributed by atoms with Crippen molar-refractivity contribution in [3.63, 3.8) is 0 Å². The Bertz CT molecular complexity index is 1060. The number of hydrogen-bond donors (Lipinski definition) is 3. The molecule has 1 aliphatic carbocycles. The van der Waals surface area contributed by atoms with Crippen LogP contribution in [0.25, 0.3) is 0 Å². The minimum atomic E-state index is -4.24. The first-order chi connectivity index (χ1) is 13.6. The predicted molar refractivity (Wildman–Crippen MR) is 106 cm³/mol. The highest BCUT2D eigenvalue weighted by Gasteiger charge is 2.31. The van der Waals surface area contributed by atoms with E-state index in [0.717, 1.165) is 43.1 Å². The minimum Gasteiger partial charge on any atom is -0.491 e. The first-order valence-corrected chi connectivity index (χ1v) is 11.0. The monoisotopic (exact) mass is 420 g/mol. The summed E-state index contributed by atoms with van der Waals surface area (Å²) in [5.74, 6) is 0.637. The second-order valence-electron chi connectivity index (χ2n) is 7.99. The van der Waals surface area contributed by atoms with Gasteiger partial charge in [-0.1, -0.05) is 0 Å². The molecule has 29 heavy (non-hydrogen) atoms. The summed E-state index contributed by atoms with van der Waals surface area (Å²) in [7, 11) is -4.24. The quantitative estimate of drug-likeness (QED) is 0.700. The summed E-state index contributed by atoms with van der Waals surface area (Å²) in [6.45, 7) is 5.63. The number of carbonyl (C=O) groups excluding carboxylic acids is 1. The summed E-state index contributed by atoms with van der Waals surface area (Å²) in [5.41, 5.74) is 4.09. The van der Waals surface area contributed by atoms with Gasteiger partial charge in [-0.2, -0.15) is 8.42 Å². The Morgan fingerprint density at radius 1 is 1.17 bits per heavy atom. The van der Waals surface area contributed by atoms with Crippen LogP contribution in [0.2, 0.25) is 0 Å². The lowest BCUT2D eigenvalue weighted by atomic mass is 9.95. The molecule has 0 bridgehead atoms. The molecule has 1 aromatic heterocycles. The van der Waals surface area contributed by atoms with Gasteiger partial charge in [0.05, 0.1) is 24.2 Å². The van der Waals surface area contributed by atoms with E-state index in [2.05, 4.69) is 12.2 Å². The molecule has 0 fully saturated rings.